The third kappa shape index (κ3) is 7.03. The van der Waals surface area contributed by atoms with E-state index in [0.29, 0.717) is 11.6 Å². The molecule has 0 amide bonds. The van der Waals surface area contributed by atoms with E-state index >= 15 is 9.59 Å². The van der Waals surface area contributed by atoms with Gasteiger partial charge < -0.3 is 8.80 Å². The van der Waals surface area contributed by atoms with Crippen LogP contribution in [0.4, 0.5) is 0 Å². The lowest BCUT2D eigenvalue weighted by molar-refractivity contribution is 0.0726. The average molecular weight is 1160 g/mol. The van der Waals surface area contributed by atoms with Crippen molar-refractivity contribution >= 4 is 87.8 Å². The van der Waals surface area contributed by atoms with Crippen LogP contribution in [0.1, 0.15) is 122 Å². The van der Waals surface area contributed by atoms with Crippen molar-refractivity contribution in [2.24, 2.45) is 10.8 Å². The molecule has 0 unspecified atom stereocenters. The molecule has 6 aliphatic carbocycles. The van der Waals surface area contributed by atoms with E-state index in [4.69, 9.17) is 0 Å². The fraction of sp³-hybridized carbons (Fsp3) is 0.209. The van der Waals surface area contributed by atoms with Gasteiger partial charge in [-0.05, 0) is 226 Å². The summed E-state index contributed by atoms with van der Waals surface area (Å²) in [5.41, 5.74) is 26.7. The largest absolute Gasteiger partial charge is 0.308 e. The SMILES string of the molecule is Cc1cc(-c2ccccc2)c(-c2cc3c4cc5c(cc4n4c6cc7c8cc(-c9c(-c%10ccccc%10)cc(C)cc9-c9ccccc9)cc9c%10cc%11c(cc%10n(c7cc6c(c2)c34)c98)C(=O)C2(C)CCC%11(C)CC2)C(=O)C2(C)CCC5(C)CC2)c(-c2ccccc2)c1. The van der Waals surface area contributed by atoms with Crippen LogP contribution in [0.15, 0.2) is 206 Å². The molecule has 2 fully saturated rings. The van der Waals surface area contributed by atoms with E-state index in [1.54, 1.807) is 0 Å². The van der Waals surface area contributed by atoms with Gasteiger partial charge in [-0.2, -0.15) is 0 Å². The Morgan fingerprint density at radius 2 is 0.544 bits per heavy atom. The molecule has 0 aliphatic heterocycles. The monoisotopic (exact) mass is 1160 g/mol. The zero-order chi connectivity index (χ0) is 60.5. The van der Waals surface area contributed by atoms with E-state index in [1.165, 1.54) is 121 Å². The molecule has 0 saturated heterocycles. The zero-order valence-corrected chi connectivity index (χ0v) is 52.0. The maximum absolute atomic E-state index is 15.3. The predicted molar refractivity (Wildman–Crippen MR) is 374 cm³/mol. The van der Waals surface area contributed by atoms with Gasteiger partial charge in [-0.3, -0.25) is 9.59 Å². The highest BCUT2D eigenvalue weighted by molar-refractivity contribution is 6.31. The van der Waals surface area contributed by atoms with Gasteiger partial charge in [0.2, 0.25) is 0 Å². The van der Waals surface area contributed by atoms with Crippen LogP contribution in [0, 0.1) is 24.7 Å². The van der Waals surface area contributed by atoms with Gasteiger partial charge in [0.15, 0.2) is 11.6 Å². The lowest BCUT2D eigenvalue weighted by Crippen LogP contribution is -2.33. The molecule has 11 aromatic carbocycles. The molecule has 4 heterocycles. The molecule has 4 bridgehead atoms. The number of nitrogens with zero attached hydrogens (tertiary/aromatic N) is 2. The third-order valence-electron chi connectivity index (χ3n) is 23.5. The maximum Gasteiger partial charge on any atom is 0.169 e. The summed E-state index contributed by atoms with van der Waals surface area (Å²) in [5, 5.41) is 9.48. The summed E-state index contributed by atoms with van der Waals surface area (Å²) in [6.45, 7) is 13.8. The topological polar surface area (TPSA) is 43.0 Å². The Bertz CT molecular complexity index is 5160. The normalized spacial score (nSPS) is 21.5. The van der Waals surface area contributed by atoms with Crippen molar-refractivity contribution in [3.05, 3.63) is 240 Å². The van der Waals surface area contributed by atoms with E-state index in [2.05, 4.69) is 257 Å². The summed E-state index contributed by atoms with van der Waals surface area (Å²) < 4.78 is 5.08. The quantitative estimate of drug-likeness (QED) is 0.167. The number of hydrogen-bond acceptors (Lipinski definition) is 2. The minimum atomic E-state index is -0.386. The van der Waals surface area contributed by atoms with Gasteiger partial charge in [-0.1, -0.05) is 173 Å². The van der Waals surface area contributed by atoms with Crippen molar-refractivity contribution in [1.29, 1.82) is 0 Å². The first-order valence-corrected chi connectivity index (χ1v) is 32.8. The average Bonchev–Trinajstić information content (AvgIpc) is 1.52. The molecule has 4 aromatic heterocycles. The number of ketones is 2. The number of rotatable bonds is 6. The molecule has 2 saturated carbocycles. The molecule has 0 atom stereocenters. The molecule has 90 heavy (non-hydrogen) atoms. The van der Waals surface area contributed by atoms with Crippen molar-refractivity contribution in [3.8, 4) is 66.8 Å². The number of aromatic nitrogens is 2. The standard InChI is InChI=1S/C86H68N2O2/c1-49-35-57(51-19-11-7-12-20-51)77(58(36-49)52-21-13-8-14-22-52)55-39-65-61-43-71-69(81(89)85(5)31-27-83(71,3)28-32-85)47-75(61)87-73-46-64-68-42-56(78-59(53-23-15-9-16-24-53)37-50(2)38-60(78)54-25-17-10-18-26-54)40-66-62-44-72-70(82(90)86(6)33-29-84(72,4)30-34-86)48-76(62)88(80(66)68)74(64)45-63(73)67(41-55)79(65)87/h7-26,35-48H,27-34H2,1-6H3. The summed E-state index contributed by atoms with van der Waals surface area (Å²) in [6.07, 6.45) is 7.64. The number of Topliss-reactive ketones (excluding diaryl/α,β-unsaturated/α-hetero) is 2. The Kier molecular flexibility index (Phi) is 10.5. The predicted octanol–water partition coefficient (Wildman–Crippen LogP) is 22.7. The second-order valence-corrected chi connectivity index (χ2v) is 29.1. The molecule has 434 valence electrons. The molecule has 0 radical (unpaired) electrons. The minimum absolute atomic E-state index is 0.104. The van der Waals surface area contributed by atoms with Crippen LogP contribution in [0.5, 0.6) is 0 Å². The highest BCUT2D eigenvalue weighted by Gasteiger charge is 2.50. The van der Waals surface area contributed by atoms with Crippen molar-refractivity contribution in [1.82, 2.24) is 8.80 Å². The summed E-state index contributed by atoms with van der Waals surface area (Å²) in [4.78, 5) is 30.6. The van der Waals surface area contributed by atoms with Crippen LogP contribution < -0.4 is 0 Å². The van der Waals surface area contributed by atoms with Crippen LogP contribution in [-0.2, 0) is 10.8 Å². The molecule has 4 heteroatoms. The maximum atomic E-state index is 15.3. The highest BCUT2D eigenvalue weighted by Crippen LogP contribution is 2.58. The van der Waals surface area contributed by atoms with Gasteiger partial charge >= 0.3 is 0 Å². The molecular formula is C86H68N2O2. The molecule has 15 aromatic rings. The van der Waals surface area contributed by atoms with E-state index < -0.39 is 0 Å². The van der Waals surface area contributed by atoms with Gasteiger partial charge in [-0.25, -0.2) is 0 Å². The molecule has 6 aliphatic rings. The Morgan fingerprint density at radius 1 is 0.278 bits per heavy atom. The van der Waals surface area contributed by atoms with Gasteiger partial charge in [0.25, 0.3) is 0 Å². The van der Waals surface area contributed by atoms with Gasteiger partial charge in [0, 0.05) is 65.0 Å². The molecule has 0 N–H and O–H groups in total. The summed E-state index contributed by atoms with van der Waals surface area (Å²) in [6, 6.07) is 77.8. The van der Waals surface area contributed by atoms with Gasteiger partial charge in [0.1, 0.15) is 0 Å². The molecular weight excluding hydrogens is 1090 g/mol. The Balaban J connectivity index is 0.990. The lowest BCUT2D eigenvalue weighted by atomic mass is 9.65. The summed E-state index contributed by atoms with van der Waals surface area (Å²) >= 11 is 0. The highest BCUT2D eigenvalue weighted by atomic mass is 16.1. The second kappa shape index (κ2) is 18.0. The molecule has 21 rings (SSSR count). The molecule has 0 spiro atoms. The van der Waals surface area contributed by atoms with Crippen molar-refractivity contribution < 1.29 is 9.59 Å². The number of hydrogen-bond donors (Lipinski definition) is 0. The lowest BCUT2D eigenvalue weighted by Gasteiger charge is -2.38. The van der Waals surface area contributed by atoms with E-state index in [1.807, 2.05) is 0 Å². The van der Waals surface area contributed by atoms with Crippen LogP contribution in [0.3, 0.4) is 0 Å². The van der Waals surface area contributed by atoms with Crippen molar-refractivity contribution in [2.45, 2.75) is 104 Å². The fourth-order valence-electron chi connectivity index (χ4n) is 18.3. The Labute approximate surface area is 524 Å². The smallest absolute Gasteiger partial charge is 0.169 e. The number of aryl methyl sites for hydroxylation is 2. The molecule has 4 nitrogen and oxygen atoms in total. The van der Waals surface area contributed by atoms with Crippen LogP contribution in [0.2, 0.25) is 0 Å². The Morgan fingerprint density at radius 3 is 0.844 bits per heavy atom. The van der Waals surface area contributed by atoms with Gasteiger partial charge in [-0.15, -0.1) is 0 Å². The summed E-state index contributed by atoms with van der Waals surface area (Å²) in [5.74, 6) is 0.593. The Hall–Kier alpha value is -9.64. The van der Waals surface area contributed by atoms with Crippen LogP contribution in [-0.4, -0.2) is 20.4 Å². The second-order valence-electron chi connectivity index (χ2n) is 29.1. The first-order valence-electron chi connectivity index (χ1n) is 32.8. The number of carbonyl (C=O) groups is 2. The van der Waals surface area contributed by atoms with E-state index in [9.17, 15) is 0 Å². The third-order valence-corrected chi connectivity index (χ3v) is 23.5. The van der Waals surface area contributed by atoms with Gasteiger partial charge in [0.05, 0.1) is 33.1 Å². The van der Waals surface area contributed by atoms with E-state index in [0.717, 1.165) is 106 Å². The number of fused-ring (bicyclic) bond motifs is 16. The first kappa shape index (κ1) is 52.3. The number of carbonyl (C=O) groups excluding carboxylic acids is 2. The fourth-order valence-corrected chi connectivity index (χ4v) is 18.3. The zero-order valence-electron chi connectivity index (χ0n) is 52.0. The van der Waals surface area contributed by atoms with Crippen LogP contribution >= 0.6 is 0 Å². The first-order chi connectivity index (χ1) is 43.7. The van der Waals surface area contributed by atoms with Crippen LogP contribution in [0.25, 0.3) is 143 Å². The van der Waals surface area contributed by atoms with Crippen molar-refractivity contribution in [3.63, 3.8) is 0 Å². The summed E-state index contributed by atoms with van der Waals surface area (Å²) in [7, 11) is 0. The van der Waals surface area contributed by atoms with E-state index in [-0.39, 0.29) is 21.7 Å². The van der Waals surface area contributed by atoms with Crippen molar-refractivity contribution in [2.75, 3.05) is 0 Å². The minimum Gasteiger partial charge on any atom is -0.308 e. The number of benzene rings is 11.